The van der Waals surface area contributed by atoms with Crippen molar-refractivity contribution in [3.8, 4) is 0 Å². The average Bonchev–Trinajstić information content (AvgIpc) is 2.69. The SMILES string of the molecule is CC(CC(=O)Nc1cccc(C(=O)N2CCSCC2)c1)C1CCNCC1.Cl. The molecule has 0 saturated carbocycles. The van der Waals surface area contributed by atoms with Crippen LogP contribution in [0.1, 0.15) is 36.5 Å². The highest BCUT2D eigenvalue weighted by Gasteiger charge is 2.22. The first-order chi connectivity index (χ1) is 12.6. The summed E-state index contributed by atoms with van der Waals surface area (Å²) in [6, 6.07) is 7.34. The van der Waals surface area contributed by atoms with Gasteiger partial charge >= 0.3 is 0 Å². The Bertz CT molecular complexity index is 631. The van der Waals surface area contributed by atoms with Crippen molar-refractivity contribution in [2.75, 3.05) is 43.0 Å². The summed E-state index contributed by atoms with van der Waals surface area (Å²) in [5, 5.41) is 6.35. The standard InChI is InChI=1S/C20H29N3O2S.ClH/c1-15(16-5-7-21-8-6-16)13-19(24)22-18-4-2-3-17(14-18)20(25)23-9-11-26-12-10-23;/h2-4,14-16,21H,5-13H2,1H3,(H,22,24);1H. The van der Waals surface area contributed by atoms with Crippen molar-refractivity contribution in [2.45, 2.75) is 26.2 Å². The first kappa shape index (κ1) is 22.1. The number of nitrogens with one attached hydrogen (secondary N) is 2. The summed E-state index contributed by atoms with van der Waals surface area (Å²) in [4.78, 5) is 26.9. The van der Waals surface area contributed by atoms with Crippen LogP contribution >= 0.6 is 24.2 Å². The molecule has 2 amide bonds. The van der Waals surface area contributed by atoms with E-state index in [0.29, 0.717) is 29.5 Å². The number of anilines is 1. The van der Waals surface area contributed by atoms with Crippen LogP contribution in [0.25, 0.3) is 0 Å². The first-order valence-corrected chi connectivity index (χ1v) is 10.8. The lowest BCUT2D eigenvalue weighted by Gasteiger charge is -2.28. The van der Waals surface area contributed by atoms with Crippen LogP contribution in [0.4, 0.5) is 5.69 Å². The maximum absolute atomic E-state index is 12.6. The monoisotopic (exact) mass is 411 g/mol. The largest absolute Gasteiger partial charge is 0.337 e. The fraction of sp³-hybridized carbons (Fsp3) is 0.600. The molecule has 2 saturated heterocycles. The highest BCUT2D eigenvalue weighted by Crippen LogP contribution is 2.25. The van der Waals surface area contributed by atoms with Crippen LogP contribution in [0, 0.1) is 11.8 Å². The molecule has 2 N–H and O–H groups in total. The van der Waals surface area contributed by atoms with E-state index in [1.807, 2.05) is 34.9 Å². The zero-order valence-corrected chi connectivity index (χ0v) is 17.5. The van der Waals surface area contributed by atoms with Crippen LogP contribution in [0.15, 0.2) is 24.3 Å². The van der Waals surface area contributed by atoms with Gasteiger partial charge in [-0.05, 0) is 56.0 Å². The number of nitrogens with zero attached hydrogens (tertiary/aromatic N) is 1. The number of piperidine rings is 1. The van der Waals surface area contributed by atoms with Gasteiger partial charge in [0.1, 0.15) is 0 Å². The van der Waals surface area contributed by atoms with Crippen LogP contribution < -0.4 is 10.6 Å². The topological polar surface area (TPSA) is 61.4 Å². The van der Waals surface area contributed by atoms with Gasteiger partial charge in [0.15, 0.2) is 0 Å². The van der Waals surface area contributed by atoms with Gasteiger partial charge in [-0.15, -0.1) is 12.4 Å². The van der Waals surface area contributed by atoms with Gasteiger partial charge in [-0.2, -0.15) is 11.8 Å². The van der Waals surface area contributed by atoms with Crippen molar-refractivity contribution >= 4 is 41.7 Å². The molecule has 2 heterocycles. The van der Waals surface area contributed by atoms with Crippen molar-refractivity contribution < 1.29 is 9.59 Å². The number of carbonyl (C=O) groups is 2. The molecule has 7 heteroatoms. The number of carbonyl (C=O) groups excluding carboxylic acids is 2. The molecule has 0 aromatic heterocycles. The van der Waals surface area contributed by atoms with E-state index in [1.54, 1.807) is 6.07 Å². The zero-order valence-electron chi connectivity index (χ0n) is 15.9. The minimum atomic E-state index is 0. The molecule has 0 bridgehead atoms. The van der Waals surface area contributed by atoms with Crippen molar-refractivity contribution in [3.05, 3.63) is 29.8 Å². The summed E-state index contributed by atoms with van der Waals surface area (Å²) in [6.45, 7) is 5.87. The van der Waals surface area contributed by atoms with Gasteiger partial charge in [0.25, 0.3) is 5.91 Å². The molecule has 2 fully saturated rings. The normalized spacial score (nSPS) is 19.1. The summed E-state index contributed by atoms with van der Waals surface area (Å²) in [6.07, 6.45) is 2.82. The maximum Gasteiger partial charge on any atom is 0.253 e. The number of amides is 2. The molecule has 2 aliphatic heterocycles. The van der Waals surface area contributed by atoms with Crippen LogP contribution in [-0.4, -0.2) is 54.4 Å². The second kappa shape index (κ2) is 10.9. The third kappa shape index (κ3) is 6.40. The van der Waals surface area contributed by atoms with Crippen LogP contribution in [0.3, 0.4) is 0 Å². The number of hydrogen-bond donors (Lipinski definition) is 2. The summed E-state index contributed by atoms with van der Waals surface area (Å²) in [5.74, 6) is 3.09. The van der Waals surface area contributed by atoms with E-state index in [1.165, 1.54) is 0 Å². The number of benzene rings is 1. The Morgan fingerprint density at radius 2 is 1.96 bits per heavy atom. The second-order valence-corrected chi connectivity index (χ2v) is 8.53. The Morgan fingerprint density at radius 1 is 1.26 bits per heavy atom. The second-order valence-electron chi connectivity index (χ2n) is 7.30. The molecule has 1 unspecified atom stereocenters. The molecule has 27 heavy (non-hydrogen) atoms. The van der Waals surface area contributed by atoms with E-state index >= 15 is 0 Å². The van der Waals surface area contributed by atoms with Crippen molar-refractivity contribution in [1.82, 2.24) is 10.2 Å². The van der Waals surface area contributed by atoms with Crippen LogP contribution in [-0.2, 0) is 4.79 Å². The predicted molar refractivity (Wildman–Crippen MR) is 115 cm³/mol. The van der Waals surface area contributed by atoms with Crippen molar-refractivity contribution in [2.24, 2.45) is 11.8 Å². The van der Waals surface area contributed by atoms with Gasteiger partial charge < -0.3 is 15.5 Å². The molecule has 1 aromatic carbocycles. The van der Waals surface area contributed by atoms with Crippen molar-refractivity contribution in [1.29, 1.82) is 0 Å². The Morgan fingerprint density at radius 3 is 2.67 bits per heavy atom. The maximum atomic E-state index is 12.6. The first-order valence-electron chi connectivity index (χ1n) is 9.61. The van der Waals surface area contributed by atoms with Gasteiger partial charge in [-0.3, -0.25) is 9.59 Å². The molecule has 150 valence electrons. The van der Waals surface area contributed by atoms with Crippen LogP contribution in [0.2, 0.25) is 0 Å². The van der Waals surface area contributed by atoms with E-state index in [2.05, 4.69) is 17.6 Å². The Balaban J connectivity index is 0.00000261. The van der Waals surface area contributed by atoms with E-state index in [-0.39, 0.29) is 24.2 Å². The number of rotatable bonds is 5. The highest BCUT2D eigenvalue weighted by atomic mass is 35.5. The fourth-order valence-electron chi connectivity index (χ4n) is 3.76. The third-order valence-electron chi connectivity index (χ3n) is 5.39. The van der Waals surface area contributed by atoms with Crippen LogP contribution in [0.5, 0.6) is 0 Å². The summed E-state index contributed by atoms with van der Waals surface area (Å²) in [5.41, 5.74) is 1.37. The number of hydrogen-bond acceptors (Lipinski definition) is 4. The minimum Gasteiger partial charge on any atom is -0.337 e. The molecule has 1 aromatic rings. The summed E-state index contributed by atoms with van der Waals surface area (Å²) in [7, 11) is 0. The lowest BCUT2D eigenvalue weighted by molar-refractivity contribution is -0.117. The number of thioether (sulfide) groups is 1. The lowest BCUT2D eigenvalue weighted by atomic mass is 9.84. The molecule has 0 radical (unpaired) electrons. The zero-order chi connectivity index (χ0) is 18.4. The van der Waals surface area contributed by atoms with E-state index in [4.69, 9.17) is 0 Å². The van der Waals surface area contributed by atoms with Crippen molar-refractivity contribution in [3.63, 3.8) is 0 Å². The van der Waals surface area contributed by atoms with Gasteiger partial charge in [0, 0.05) is 42.3 Å². The highest BCUT2D eigenvalue weighted by molar-refractivity contribution is 7.99. The number of halogens is 1. The quantitative estimate of drug-likeness (QED) is 0.780. The van der Waals surface area contributed by atoms with E-state index < -0.39 is 0 Å². The Kier molecular flexibility index (Phi) is 8.93. The molecule has 0 spiro atoms. The average molecular weight is 412 g/mol. The lowest BCUT2D eigenvalue weighted by Crippen LogP contribution is -2.37. The Labute approximate surface area is 172 Å². The summed E-state index contributed by atoms with van der Waals surface area (Å²) < 4.78 is 0. The third-order valence-corrected chi connectivity index (χ3v) is 6.33. The van der Waals surface area contributed by atoms with E-state index in [9.17, 15) is 9.59 Å². The minimum absolute atomic E-state index is 0. The molecular formula is C20H30ClN3O2S. The molecule has 1 atom stereocenters. The van der Waals surface area contributed by atoms with Gasteiger partial charge in [-0.25, -0.2) is 0 Å². The summed E-state index contributed by atoms with van der Waals surface area (Å²) >= 11 is 1.89. The smallest absolute Gasteiger partial charge is 0.253 e. The predicted octanol–water partition coefficient (Wildman–Crippen LogP) is 3.26. The van der Waals surface area contributed by atoms with Gasteiger partial charge in [-0.1, -0.05) is 13.0 Å². The molecule has 5 nitrogen and oxygen atoms in total. The van der Waals surface area contributed by atoms with E-state index in [0.717, 1.165) is 50.5 Å². The Hall–Kier alpha value is -1.24. The molecule has 0 aliphatic carbocycles. The molecule has 2 aliphatic rings. The molecular weight excluding hydrogens is 382 g/mol. The fourth-order valence-corrected chi connectivity index (χ4v) is 4.67. The molecule has 3 rings (SSSR count). The van der Waals surface area contributed by atoms with Gasteiger partial charge in [0.05, 0.1) is 0 Å². The van der Waals surface area contributed by atoms with Gasteiger partial charge in [0.2, 0.25) is 5.91 Å².